The SMILES string of the molecule is Cn1c(=O)n(Cc2ccccc2)c(=O)c2cc(C(=O)OC/C=C/c3cccnc3)ccc21. The Morgan fingerprint density at radius 3 is 2.62 bits per heavy atom. The molecule has 0 fully saturated rings. The minimum atomic E-state index is -0.550. The molecule has 2 heterocycles. The minimum Gasteiger partial charge on any atom is -0.458 e. The van der Waals surface area contributed by atoms with Crippen LogP contribution in [0.2, 0.25) is 0 Å². The number of rotatable bonds is 6. The van der Waals surface area contributed by atoms with Crippen LogP contribution in [0.25, 0.3) is 17.0 Å². The van der Waals surface area contributed by atoms with Gasteiger partial charge in [-0.05, 0) is 41.5 Å². The van der Waals surface area contributed by atoms with Crippen LogP contribution < -0.4 is 11.2 Å². The van der Waals surface area contributed by atoms with Crippen molar-refractivity contribution in [1.82, 2.24) is 14.1 Å². The molecule has 0 radical (unpaired) electrons. The fraction of sp³-hybridized carbons (Fsp3) is 0.120. The molecule has 0 aliphatic carbocycles. The largest absolute Gasteiger partial charge is 0.458 e. The summed E-state index contributed by atoms with van der Waals surface area (Å²) in [4.78, 5) is 42.3. The van der Waals surface area contributed by atoms with Gasteiger partial charge in [-0.1, -0.05) is 42.5 Å². The summed E-state index contributed by atoms with van der Waals surface area (Å²) < 4.78 is 7.87. The van der Waals surface area contributed by atoms with Crippen molar-refractivity contribution >= 4 is 22.9 Å². The van der Waals surface area contributed by atoms with Gasteiger partial charge in [-0.15, -0.1) is 0 Å². The van der Waals surface area contributed by atoms with Crippen molar-refractivity contribution in [2.24, 2.45) is 7.05 Å². The lowest BCUT2D eigenvalue weighted by Crippen LogP contribution is -2.39. The van der Waals surface area contributed by atoms with E-state index in [0.29, 0.717) is 5.52 Å². The standard InChI is InChI=1S/C25H21N3O4/c1-27-22-12-11-20(24(30)32-14-6-10-18-9-5-13-26-16-18)15-21(22)23(29)28(25(27)31)17-19-7-3-2-4-8-19/h2-13,15-16H,14,17H2,1H3/b10-6+. The number of ether oxygens (including phenoxy) is 1. The molecule has 0 N–H and O–H groups in total. The summed E-state index contributed by atoms with van der Waals surface area (Å²) in [5, 5.41) is 0.281. The van der Waals surface area contributed by atoms with Crippen molar-refractivity contribution in [2.75, 3.05) is 6.61 Å². The molecule has 2 aromatic carbocycles. The third-order valence-corrected chi connectivity index (χ3v) is 5.08. The summed E-state index contributed by atoms with van der Waals surface area (Å²) in [5.74, 6) is -0.550. The third-order valence-electron chi connectivity index (χ3n) is 5.08. The number of hydrogen-bond donors (Lipinski definition) is 0. The number of nitrogens with zero attached hydrogens (tertiary/aromatic N) is 3. The Kier molecular flexibility index (Phi) is 6.07. The molecule has 0 bridgehead atoms. The third kappa shape index (κ3) is 4.41. The Bertz CT molecular complexity index is 1400. The van der Waals surface area contributed by atoms with Gasteiger partial charge < -0.3 is 4.74 Å². The van der Waals surface area contributed by atoms with E-state index in [1.165, 1.54) is 15.2 Å². The lowest BCUT2D eigenvalue weighted by Gasteiger charge is -2.12. The van der Waals surface area contributed by atoms with Crippen LogP contribution in [0.1, 0.15) is 21.5 Å². The van der Waals surface area contributed by atoms with Gasteiger partial charge in [0.05, 0.1) is 23.0 Å². The zero-order chi connectivity index (χ0) is 22.5. The molecule has 7 heteroatoms. The second-order valence-electron chi connectivity index (χ2n) is 7.24. The number of carbonyl (C=O) groups is 1. The summed E-state index contributed by atoms with van der Waals surface area (Å²) in [7, 11) is 1.60. The minimum absolute atomic E-state index is 0.0806. The van der Waals surface area contributed by atoms with Crippen LogP contribution in [0.4, 0.5) is 0 Å². The van der Waals surface area contributed by atoms with Crippen LogP contribution in [0, 0.1) is 0 Å². The van der Waals surface area contributed by atoms with Crippen LogP contribution >= 0.6 is 0 Å². The number of aromatic nitrogens is 3. The van der Waals surface area contributed by atoms with E-state index in [1.54, 1.807) is 43.7 Å². The molecule has 0 unspecified atom stereocenters. The molecule has 0 saturated heterocycles. The highest BCUT2D eigenvalue weighted by Gasteiger charge is 2.15. The molecule has 0 aliphatic rings. The lowest BCUT2D eigenvalue weighted by atomic mass is 10.1. The van der Waals surface area contributed by atoms with E-state index in [9.17, 15) is 14.4 Å². The zero-order valence-corrected chi connectivity index (χ0v) is 17.5. The van der Waals surface area contributed by atoms with Gasteiger partial charge in [-0.2, -0.15) is 0 Å². The molecule has 2 aromatic heterocycles. The van der Waals surface area contributed by atoms with Crippen LogP contribution in [-0.2, 0) is 18.3 Å². The Balaban J connectivity index is 1.60. The summed E-state index contributed by atoms with van der Waals surface area (Å²) >= 11 is 0. The van der Waals surface area contributed by atoms with Gasteiger partial charge in [0, 0.05) is 19.4 Å². The molecule has 4 rings (SSSR count). The molecule has 7 nitrogen and oxygen atoms in total. The Morgan fingerprint density at radius 2 is 1.88 bits per heavy atom. The zero-order valence-electron chi connectivity index (χ0n) is 17.5. The van der Waals surface area contributed by atoms with E-state index in [2.05, 4.69) is 4.98 Å². The second-order valence-corrected chi connectivity index (χ2v) is 7.24. The molecular formula is C25H21N3O4. The van der Waals surface area contributed by atoms with Crippen molar-refractivity contribution in [3.63, 3.8) is 0 Å². The van der Waals surface area contributed by atoms with Gasteiger partial charge in [0.15, 0.2) is 0 Å². The van der Waals surface area contributed by atoms with Crippen molar-refractivity contribution in [2.45, 2.75) is 6.54 Å². The van der Waals surface area contributed by atoms with Gasteiger partial charge >= 0.3 is 11.7 Å². The van der Waals surface area contributed by atoms with E-state index in [-0.39, 0.29) is 24.1 Å². The van der Waals surface area contributed by atoms with Gasteiger partial charge in [0.1, 0.15) is 6.61 Å². The molecule has 0 spiro atoms. The molecule has 4 aromatic rings. The van der Waals surface area contributed by atoms with Gasteiger partial charge in [0.25, 0.3) is 5.56 Å². The number of aryl methyl sites for hydroxylation is 1. The van der Waals surface area contributed by atoms with E-state index < -0.39 is 17.2 Å². The fourth-order valence-electron chi connectivity index (χ4n) is 3.41. The van der Waals surface area contributed by atoms with Crippen LogP contribution in [0.15, 0.2) is 88.7 Å². The van der Waals surface area contributed by atoms with E-state index >= 15 is 0 Å². The predicted octanol–water partition coefficient (Wildman–Crippen LogP) is 3.01. The van der Waals surface area contributed by atoms with Crippen molar-refractivity contribution in [1.29, 1.82) is 0 Å². The average Bonchev–Trinajstić information content (AvgIpc) is 2.84. The first-order valence-corrected chi connectivity index (χ1v) is 10.1. The smallest absolute Gasteiger partial charge is 0.338 e. The van der Waals surface area contributed by atoms with Gasteiger partial charge in [-0.25, -0.2) is 9.59 Å². The number of fused-ring (bicyclic) bond motifs is 1. The maximum absolute atomic E-state index is 13.1. The average molecular weight is 427 g/mol. The molecule has 0 aliphatic heterocycles. The number of pyridine rings is 1. The number of esters is 1. The maximum atomic E-state index is 13.1. The predicted molar refractivity (Wildman–Crippen MR) is 123 cm³/mol. The van der Waals surface area contributed by atoms with Gasteiger partial charge in [-0.3, -0.25) is 18.9 Å². The number of carbonyl (C=O) groups excluding carboxylic acids is 1. The van der Waals surface area contributed by atoms with E-state index in [4.69, 9.17) is 4.74 Å². The van der Waals surface area contributed by atoms with Crippen LogP contribution in [-0.4, -0.2) is 26.7 Å². The maximum Gasteiger partial charge on any atom is 0.338 e. The quantitative estimate of drug-likeness (QED) is 0.442. The van der Waals surface area contributed by atoms with Crippen molar-refractivity contribution in [3.05, 3.63) is 117 Å². The summed E-state index contributed by atoms with van der Waals surface area (Å²) in [6, 6.07) is 17.6. The second kappa shape index (κ2) is 9.26. The Labute approximate surface area is 183 Å². The Hall–Kier alpha value is -4.26. The highest BCUT2D eigenvalue weighted by Crippen LogP contribution is 2.13. The van der Waals surface area contributed by atoms with E-state index in [1.807, 2.05) is 42.5 Å². The topological polar surface area (TPSA) is 83.2 Å². The van der Waals surface area contributed by atoms with Gasteiger partial charge in [0.2, 0.25) is 0 Å². The summed E-state index contributed by atoms with van der Waals surface area (Å²) in [6.07, 6.45) is 6.90. The first kappa shape index (κ1) is 21.0. The lowest BCUT2D eigenvalue weighted by molar-refractivity contribution is 0.0550. The number of benzene rings is 2. The fourth-order valence-corrected chi connectivity index (χ4v) is 3.41. The molecule has 0 saturated carbocycles. The van der Waals surface area contributed by atoms with Crippen LogP contribution in [0.5, 0.6) is 0 Å². The normalized spacial score (nSPS) is 11.2. The molecule has 160 valence electrons. The molecular weight excluding hydrogens is 406 g/mol. The van der Waals surface area contributed by atoms with Crippen LogP contribution in [0.3, 0.4) is 0 Å². The highest BCUT2D eigenvalue weighted by atomic mass is 16.5. The van der Waals surface area contributed by atoms with E-state index in [0.717, 1.165) is 11.1 Å². The Morgan fingerprint density at radius 1 is 1.06 bits per heavy atom. The highest BCUT2D eigenvalue weighted by molar-refractivity contribution is 5.94. The van der Waals surface area contributed by atoms with Crippen molar-refractivity contribution < 1.29 is 9.53 Å². The van der Waals surface area contributed by atoms with Crippen molar-refractivity contribution in [3.8, 4) is 0 Å². The molecule has 32 heavy (non-hydrogen) atoms. The summed E-state index contributed by atoms with van der Waals surface area (Å²) in [6.45, 7) is 0.230. The monoisotopic (exact) mass is 427 g/mol. The summed E-state index contributed by atoms with van der Waals surface area (Å²) in [5.41, 5.74) is 1.57. The first-order valence-electron chi connectivity index (χ1n) is 10.1. The first-order chi connectivity index (χ1) is 15.5. The number of hydrogen-bond acceptors (Lipinski definition) is 5. The molecule has 0 atom stereocenters. The molecule has 0 amide bonds.